The molecule has 1 fully saturated rings. The van der Waals surface area contributed by atoms with Crippen molar-refractivity contribution in [1.29, 1.82) is 5.26 Å². The van der Waals surface area contributed by atoms with E-state index in [9.17, 15) is 18.4 Å². The summed E-state index contributed by atoms with van der Waals surface area (Å²) in [5, 5.41) is 9.23. The van der Waals surface area contributed by atoms with E-state index >= 15 is 0 Å². The van der Waals surface area contributed by atoms with Crippen LogP contribution in [-0.2, 0) is 6.18 Å². The number of rotatable bonds is 2. The minimum absolute atomic E-state index is 0.0555. The van der Waals surface area contributed by atoms with Crippen LogP contribution in [0.5, 0.6) is 0 Å². The van der Waals surface area contributed by atoms with Gasteiger partial charge in [-0.2, -0.15) is 18.4 Å². The van der Waals surface area contributed by atoms with Crippen molar-refractivity contribution in [3.05, 3.63) is 47.5 Å². The highest BCUT2D eigenvalue weighted by atomic mass is 19.4. The highest BCUT2D eigenvalue weighted by Gasteiger charge is 2.32. The average Bonchev–Trinajstić information content (AvgIpc) is 3.08. The fourth-order valence-corrected chi connectivity index (χ4v) is 3.00. The Kier molecular flexibility index (Phi) is 3.99. The third kappa shape index (κ3) is 3.16. The third-order valence-corrected chi connectivity index (χ3v) is 4.11. The molecular formula is C16H15F3N4. The SMILES string of the molecule is N#Cc1cc(C(F)(F)F)ccc1N1CCCC(c2ncc[nH]2)C1. The zero-order valence-electron chi connectivity index (χ0n) is 12.3. The Morgan fingerprint density at radius 3 is 2.83 bits per heavy atom. The van der Waals surface area contributed by atoms with Crippen LogP contribution in [0, 0.1) is 11.3 Å². The van der Waals surface area contributed by atoms with Crippen LogP contribution in [0.2, 0.25) is 0 Å². The first-order valence-corrected chi connectivity index (χ1v) is 7.34. The smallest absolute Gasteiger partial charge is 0.370 e. The quantitative estimate of drug-likeness (QED) is 0.918. The topological polar surface area (TPSA) is 55.7 Å². The van der Waals surface area contributed by atoms with Gasteiger partial charge in [0.05, 0.1) is 16.8 Å². The van der Waals surface area contributed by atoms with Crippen molar-refractivity contribution in [2.45, 2.75) is 24.9 Å². The molecule has 1 aliphatic rings. The molecule has 0 saturated carbocycles. The second kappa shape index (κ2) is 5.95. The largest absolute Gasteiger partial charge is 0.416 e. The molecular weight excluding hydrogens is 305 g/mol. The number of imidazole rings is 1. The second-order valence-corrected chi connectivity index (χ2v) is 5.60. The number of halogens is 3. The van der Waals surface area contributed by atoms with Gasteiger partial charge in [0.25, 0.3) is 0 Å². The van der Waals surface area contributed by atoms with Crippen molar-refractivity contribution >= 4 is 5.69 Å². The van der Waals surface area contributed by atoms with Gasteiger partial charge in [0.15, 0.2) is 0 Å². The number of aromatic amines is 1. The van der Waals surface area contributed by atoms with Gasteiger partial charge in [-0.15, -0.1) is 0 Å². The van der Waals surface area contributed by atoms with E-state index in [0.29, 0.717) is 12.2 Å². The predicted octanol–water partition coefficient (Wildman–Crippen LogP) is 3.68. The number of benzene rings is 1. The van der Waals surface area contributed by atoms with E-state index in [2.05, 4.69) is 9.97 Å². The van der Waals surface area contributed by atoms with Gasteiger partial charge in [0.1, 0.15) is 11.9 Å². The molecule has 1 atom stereocenters. The van der Waals surface area contributed by atoms with Crippen molar-refractivity contribution < 1.29 is 13.2 Å². The maximum absolute atomic E-state index is 12.8. The fourth-order valence-electron chi connectivity index (χ4n) is 3.00. The van der Waals surface area contributed by atoms with Crippen LogP contribution in [0.1, 0.15) is 35.7 Å². The highest BCUT2D eigenvalue weighted by molar-refractivity contribution is 5.61. The number of hydrogen-bond acceptors (Lipinski definition) is 3. The molecule has 1 aromatic carbocycles. The summed E-state index contributed by atoms with van der Waals surface area (Å²) in [7, 11) is 0. The van der Waals surface area contributed by atoms with Crippen LogP contribution in [0.25, 0.3) is 0 Å². The van der Waals surface area contributed by atoms with E-state index in [1.807, 2.05) is 11.0 Å². The Morgan fingerprint density at radius 1 is 1.35 bits per heavy atom. The van der Waals surface area contributed by atoms with Crippen molar-refractivity contribution in [1.82, 2.24) is 9.97 Å². The zero-order chi connectivity index (χ0) is 16.4. The molecule has 0 amide bonds. The number of nitrogens with zero attached hydrogens (tertiary/aromatic N) is 3. The molecule has 1 aromatic heterocycles. The van der Waals surface area contributed by atoms with Crippen LogP contribution >= 0.6 is 0 Å². The Morgan fingerprint density at radius 2 is 2.17 bits per heavy atom. The first kappa shape index (κ1) is 15.4. The summed E-state index contributed by atoms with van der Waals surface area (Å²) in [5.41, 5.74) is -0.186. The van der Waals surface area contributed by atoms with E-state index < -0.39 is 11.7 Å². The van der Waals surface area contributed by atoms with E-state index in [4.69, 9.17) is 0 Å². The van der Waals surface area contributed by atoms with Gasteiger partial charge in [0, 0.05) is 31.4 Å². The lowest BCUT2D eigenvalue weighted by Gasteiger charge is -2.34. The van der Waals surface area contributed by atoms with Gasteiger partial charge in [-0.25, -0.2) is 4.98 Å². The number of aromatic nitrogens is 2. The van der Waals surface area contributed by atoms with Crippen LogP contribution in [0.4, 0.5) is 18.9 Å². The molecule has 0 spiro atoms. The maximum Gasteiger partial charge on any atom is 0.416 e. The first-order valence-electron chi connectivity index (χ1n) is 7.34. The molecule has 2 heterocycles. The van der Waals surface area contributed by atoms with Gasteiger partial charge in [-0.1, -0.05) is 0 Å². The molecule has 2 aromatic rings. The Labute approximate surface area is 131 Å². The van der Waals surface area contributed by atoms with Crippen molar-refractivity contribution in [2.24, 2.45) is 0 Å². The lowest BCUT2D eigenvalue weighted by Crippen LogP contribution is -2.35. The number of anilines is 1. The number of nitriles is 1. The van der Waals surface area contributed by atoms with Crippen molar-refractivity contribution in [2.75, 3.05) is 18.0 Å². The van der Waals surface area contributed by atoms with E-state index in [0.717, 1.165) is 37.3 Å². The number of hydrogen-bond donors (Lipinski definition) is 1. The summed E-state index contributed by atoms with van der Waals surface area (Å²) >= 11 is 0. The maximum atomic E-state index is 12.8. The summed E-state index contributed by atoms with van der Waals surface area (Å²) in [5.74, 6) is 1.06. The van der Waals surface area contributed by atoms with Gasteiger partial charge in [-0.05, 0) is 31.0 Å². The molecule has 0 bridgehead atoms. The summed E-state index contributed by atoms with van der Waals surface area (Å²) in [4.78, 5) is 9.31. The van der Waals surface area contributed by atoms with Crippen LogP contribution < -0.4 is 4.90 Å². The molecule has 4 nitrogen and oxygen atoms in total. The monoisotopic (exact) mass is 320 g/mol. The third-order valence-electron chi connectivity index (χ3n) is 4.11. The van der Waals surface area contributed by atoms with Crippen LogP contribution in [0.3, 0.4) is 0 Å². The van der Waals surface area contributed by atoms with Gasteiger partial charge in [0.2, 0.25) is 0 Å². The molecule has 120 valence electrons. The fraction of sp³-hybridized carbons (Fsp3) is 0.375. The minimum Gasteiger partial charge on any atom is -0.370 e. The van der Waals surface area contributed by atoms with Crippen molar-refractivity contribution in [3.63, 3.8) is 0 Å². The Hall–Kier alpha value is -2.49. The molecule has 1 saturated heterocycles. The van der Waals surface area contributed by atoms with E-state index in [-0.39, 0.29) is 11.5 Å². The number of piperidine rings is 1. The molecule has 1 aliphatic heterocycles. The minimum atomic E-state index is -4.44. The second-order valence-electron chi connectivity index (χ2n) is 5.60. The number of nitrogens with one attached hydrogen (secondary N) is 1. The zero-order valence-corrected chi connectivity index (χ0v) is 12.3. The molecule has 3 rings (SSSR count). The number of alkyl halides is 3. The lowest BCUT2D eigenvalue weighted by atomic mass is 9.96. The predicted molar refractivity (Wildman–Crippen MR) is 78.9 cm³/mol. The van der Waals surface area contributed by atoms with Gasteiger partial charge in [-0.3, -0.25) is 0 Å². The highest BCUT2D eigenvalue weighted by Crippen LogP contribution is 2.35. The molecule has 1 N–H and O–H groups in total. The molecule has 0 aliphatic carbocycles. The normalized spacial score (nSPS) is 18.7. The van der Waals surface area contributed by atoms with Crippen LogP contribution in [0.15, 0.2) is 30.6 Å². The number of H-pyrrole nitrogens is 1. The van der Waals surface area contributed by atoms with Gasteiger partial charge >= 0.3 is 6.18 Å². The van der Waals surface area contributed by atoms with Crippen molar-refractivity contribution in [3.8, 4) is 6.07 Å². The summed E-state index contributed by atoms with van der Waals surface area (Å²) < 4.78 is 38.4. The molecule has 1 unspecified atom stereocenters. The van der Waals surface area contributed by atoms with E-state index in [1.54, 1.807) is 12.4 Å². The van der Waals surface area contributed by atoms with Crippen LogP contribution in [-0.4, -0.2) is 23.1 Å². The standard InChI is InChI=1S/C16H15F3N4/c17-16(18,19)13-3-4-14(12(8-13)9-20)23-7-1-2-11(10-23)15-21-5-6-22-15/h3-6,8,11H,1-2,7,10H2,(H,21,22). The van der Waals surface area contributed by atoms with E-state index in [1.165, 1.54) is 6.07 Å². The average molecular weight is 320 g/mol. The summed E-state index contributed by atoms with van der Waals surface area (Å²) in [6.07, 6.45) is 0.868. The first-order chi connectivity index (χ1) is 11.0. The summed E-state index contributed by atoms with van der Waals surface area (Å²) in [6, 6.07) is 5.24. The Bertz CT molecular complexity index is 716. The molecule has 7 heteroatoms. The summed E-state index contributed by atoms with van der Waals surface area (Å²) in [6.45, 7) is 1.35. The molecule has 0 radical (unpaired) electrons. The Balaban J connectivity index is 1.88. The molecule has 23 heavy (non-hydrogen) atoms. The lowest BCUT2D eigenvalue weighted by molar-refractivity contribution is -0.137. The van der Waals surface area contributed by atoms with Gasteiger partial charge < -0.3 is 9.88 Å².